The van der Waals surface area contributed by atoms with Crippen LogP contribution in [0.4, 0.5) is 0 Å². The summed E-state index contributed by atoms with van der Waals surface area (Å²) >= 11 is 0. The molecule has 13 nitrogen and oxygen atoms in total. The van der Waals surface area contributed by atoms with Gasteiger partial charge in [0.2, 0.25) is 17.2 Å². The topological polar surface area (TPSA) is 164 Å². The second-order valence-corrected chi connectivity index (χ2v) is 10.9. The van der Waals surface area contributed by atoms with E-state index in [9.17, 15) is 20.4 Å². The van der Waals surface area contributed by atoms with E-state index < -0.39 is 18.8 Å². The number of fused-ring (bicyclic) bond motifs is 1. The Kier molecular flexibility index (Phi) is 10.1. The summed E-state index contributed by atoms with van der Waals surface area (Å²) in [5.74, 6) is 1.21. The van der Waals surface area contributed by atoms with Gasteiger partial charge in [0, 0.05) is 11.8 Å². The summed E-state index contributed by atoms with van der Waals surface area (Å²) in [4.78, 5) is 0. The lowest BCUT2D eigenvalue weighted by Crippen LogP contribution is -2.29. The van der Waals surface area contributed by atoms with Crippen LogP contribution in [0.15, 0.2) is 36.4 Å². The molecule has 250 valence electrons. The fraction of sp³-hybridized carbons (Fsp3) is 0.455. The van der Waals surface area contributed by atoms with Gasteiger partial charge in [0.25, 0.3) is 0 Å². The van der Waals surface area contributed by atoms with Gasteiger partial charge < -0.3 is 63.1 Å². The quantitative estimate of drug-likeness (QED) is 0.213. The molecular weight excluding hydrogens is 604 g/mol. The fourth-order valence-corrected chi connectivity index (χ4v) is 6.15. The highest BCUT2D eigenvalue weighted by molar-refractivity contribution is 5.56. The van der Waals surface area contributed by atoms with Crippen LogP contribution in [0.1, 0.15) is 35.0 Å². The van der Waals surface area contributed by atoms with E-state index >= 15 is 0 Å². The van der Waals surface area contributed by atoms with Gasteiger partial charge in [-0.15, -0.1) is 0 Å². The normalized spacial score (nSPS) is 21.7. The second kappa shape index (κ2) is 14.0. The molecule has 0 unspecified atom stereocenters. The lowest BCUT2D eigenvalue weighted by atomic mass is 9.84. The summed E-state index contributed by atoms with van der Waals surface area (Å²) in [5.41, 5.74) is 1.86. The van der Waals surface area contributed by atoms with E-state index in [4.69, 9.17) is 42.6 Å². The molecule has 0 bridgehead atoms. The van der Waals surface area contributed by atoms with Gasteiger partial charge in [-0.05, 0) is 53.1 Å². The van der Waals surface area contributed by atoms with Crippen LogP contribution >= 0.6 is 0 Å². The molecule has 3 aromatic rings. The average molecular weight is 645 g/mol. The maximum Gasteiger partial charge on any atom is 0.204 e. The van der Waals surface area contributed by atoms with Crippen molar-refractivity contribution in [2.75, 3.05) is 62.5 Å². The zero-order valence-corrected chi connectivity index (χ0v) is 26.5. The maximum atomic E-state index is 11.2. The number of aliphatic hydroxyl groups excluding tert-OH is 2. The molecule has 0 amide bonds. The Morgan fingerprint density at radius 2 is 1.00 bits per heavy atom. The average Bonchev–Trinajstić information content (AvgIpc) is 3.69. The maximum absolute atomic E-state index is 11.2. The van der Waals surface area contributed by atoms with E-state index in [1.807, 2.05) is 0 Å². The summed E-state index contributed by atoms with van der Waals surface area (Å²) in [6.45, 7) is 0.279. The first-order valence-electron chi connectivity index (χ1n) is 14.6. The van der Waals surface area contributed by atoms with Crippen LogP contribution in [0.3, 0.4) is 0 Å². The standard InChI is InChI=1S/C33H40O13/c1-38-21-7-16(8-22(39-2)29(21)36)28(35)27(13-34)46-33-25(42-5)11-18(12-26(33)43-6)32-20-15-44-31(19(20)14-45-32)17-9-23(40-3)30(37)24(10-17)41-4/h7-12,19-20,27-28,31-32,34-37H,13-15H2,1-6H3/t19-,20+,27-,28+,31-,32-/m0/s1. The van der Waals surface area contributed by atoms with Crippen molar-refractivity contribution in [3.63, 3.8) is 0 Å². The highest BCUT2D eigenvalue weighted by Gasteiger charge is 2.49. The Labute approximate surface area is 266 Å². The number of ether oxygens (including phenoxy) is 9. The SMILES string of the molecule is COc1cc([C@@H](O)[C@H](CO)Oc2c(OC)cc([C@@H]3OC[C@H]4[C@H]3CO[C@H]4c3cc(OC)c(O)c(OC)c3)cc2OC)cc(OC)c1O. The zero-order chi connectivity index (χ0) is 33.1. The molecular formula is C33H40O13. The first kappa shape index (κ1) is 33.1. The minimum Gasteiger partial charge on any atom is -0.502 e. The molecule has 0 aromatic heterocycles. The summed E-state index contributed by atoms with van der Waals surface area (Å²) in [6.07, 6.45) is -3.19. The van der Waals surface area contributed by atoms with Gasteiger partial charge in [-0.1, -0.05) is 0 Å². The van der Waals surface area contributed by atoms with E-state index in [1.54, 1.807) is 24.3 Å². The predicted molar refractivity (Wildman–Crippen MR) is 163 cm³/mol. The van der Waals surface area contributed by atoms with Gasteiger partial charge in [-0.2, -0.15) is 0 Å². The third-order valence-corrected chi connectivity index (χ3v) is 8.55. The fourth-order valence-electron chi connectivity index (χ4n) is 6.15. The number of phenols is 2. The Bertz CT molecular complexity index is 1450. The van der Waals surface area contributed by atoms with E-state index in [1.165, 1.54) is 54.8 Å². The van der Waals surface area contributed by atoms with Gasteiger partial charge in [0.05, 0.1) is 74.7 Å². The molecule has 0 saturated carbocycles. The monoisotopic (exact) mass is 644 g/mol. The van der Waals surface area contributed by atoms with Crippen LogP contribution in [-0.4, -0.2) is 89.0 Å². The molecule has 4 N–H and O–H groups in total. The van der Waals surface area contributed by atoms with Crippen molar-refractivity contribution in [3.8, 4) is 51.7 Å². The van der Waals surface area contributed by atoms with E-state index in [0.717, 1.165) is 11.1 Å². The van der Waals surface area contributed by atoms with Crippen LogP contribution in [0, 0.1) is 11.8 Å². The van der Waals surface area contributed by atoms with Crippen molar-refractivity contribution in [2.45, 2.75) is 24.4 Å². The Morgan fingerprint density at radius 3 is 1.37 bits per heavy atom. The van der Waals surface area contributed by atoms with E-state index in [2.05, 4.69) is 0 Å². The van der Waals surface area contributed by atoms with Gasteiger partial charge in [-0.3, -0.25) is 0 Å². The molecule has 6 atom stereocenters. The first-order chi connectivity index (χ1) is 22.2. The molecule has 46 heavy (non-hydrogen) atoms. The Balaban J connectivity index is 1.41. The third-order valence-electron chi connectivity index (χ3n) is 8.55. The van der Waals surface area contributed by atoms with E-state index in [-0.39, 0.29) is 69.9 Å². The van der Waals surface area contributed by atoms with Crippen molar-refractivity contribution < 1.29 is 63.1 Å². The van der Waals surface area contributed by atoms with E-state index in [0.29, 0.717) is 24.7 Å². The second-order valence-electron chi connectivity index (χ2n) is 10.9. The van der Waals surface area contributed by atoms with Crippen LogP contribution in [0.5, 0.6) is 51.7 Å². The molecule has 2 saturated heterocycles. The smallest absolute Gasteiger partial charge is 0.204 e. The Hall–Kier alpha value is -4.30. The highest BCUT2D eigenvalue weighted by Crippen LogP contribution is 2.54. The largest absolute Gasteiger partial charge is 0.502 e. The minimum atomic E-state index is -1.36. The van der Waals surface area contributed by atoms with Gasteiger partial charge in [0.15, 0.2) is 40.6 Å². The predicted octanol–water partition coefficient (Wildman–Crippen LogP) is 3.70. The molecule has 13 heteroatoms. The highest BCUT2D eigenvalue weighted by atomic mass is 16.6. The van der Waals surface area contributed by atoms with Gasteiger partial charge in [0.1, 0.15) is 6.10 Å². The number of aromatic hydroxyl groups is 2. The molecule has 2 aliphatic heterocycles. The van der Waals surface area contributed by atoms with Crippen LogP contribution in [0.2, 0.25) is 0 Å². The van der Waals surface area contributed by atoms with Gasteiger partial charge >= 0.3 is 0 Å². The van der Waals surface area contributed by atoms with Crippen molar-refractivity contribution in [2.24, 2.45) is 11.8 Å². The third kappa shape index (κ3) is 5.98. The number of phenolic OH excluding ortho intramolecular Hbond substituents is 2. The molecule has 2 heterocycles. The summed E-state index contributed by atoms with van der Waals surface area (Å²) < 4.78 is 51.2. The molecule has 3 aromatic carbocycles. The number of benzene rings is 3. The molecule has 2 fully saturated rings. The van der Waals surface area contributed by atoms with Crippen LogP contribution in [0.25, 0.3) is 0 Å². The molecule has 5 rings (SSSR count). The Morgan fingerprint density at radius 1 is 0.630 bits per heavy atom. The first-order valence-corrected chi connectivity index (χ1v) is 14.6. The molecule has 0 radical (unpaired) electrons. The van der Waals surface area contributed by atoms with Crippen molar-refractivity contribution in [1.29, 1.82) is 0 Å². The molecule has 2 aliphatic rings. The lowest BCUT2D eigenvalue weighted by molar-refractivity contribution is -0.00206. The number of hydrogen-bond donors (Lipinski definition) is 4. The molecule has 0 aliphatic carbocycles. The summed E-state index contributed by atoms with van der Waals surface area (Å²) in [6, 6.07) is 9.90. The summed E-state index contributed by atoms with van der Waals surface area (Å²) in [7, 11) is 8.65. The van der Waals surface area contributed by atoms with Crippen molar-refractivity contribution >= 4 is 0 Å². The molecule has 0 spiro atoms. The number of methoxy groups -OCH3 is 6. The number of hydrogen-bond acceptors (Lipinski definition) is 13. The summed E-state index contributed by atoms with van der Waals surface area (Å²) in [5, 5.41) is 42.1. The number of rotatable bonds is 13. The minimum absolute atomic E-state index is 0.00470. The van der Waals surface area contributed by atoms with Crippen molar-refractivity contribution in [1.82, 2.24) is 0 Å². The lowest BCUT2D eigenvalue weighted by Gasteiger charge is -2.26. The zero-order valence-electron chi connectivity index (χ0n) is 26.5. The van der Waals surface area contributed by atoms with Crippen molar-refractivity contribution in [3.05, 3.63) is 53.1 Å². The van der Waals surface area contributed by atoms with Crippen LogP contribution < -0.4 is 33.2 Å². The van der Waals surface area contributed by atoms with Gasteiger partial charge in [-0.25, -0.2) is 0 Å². The van der Waals surface area contributed by atoms with Crippen LogP contribution in [-0.2, 0) is 9.47 Å². The number of aliphatic hydroxyl groups is 2.